The Kier molecular flexibility index (Phi) is 6.32. The predicted octanol–water partition coefficient (Wildman–Crippen LogP) is 4.39. The molecule has 1 unspecified atom stereocenters. The highest BCUT2D eigenvalue weighted by Gasteiger charge is 2.31. The first kappa shape index (κ1) is 22.1. The summed E-state index contributed by atoms with van der Waals surface area (Å²) >= 11 is 0. The van der Waals surface area contributed by atoms with E-state index in [9.17, 15) is 13.2 Å². The van der Waals surface area contributed by atoms with Gasteiger partial charge in [0.2, 0.25) is 5.91 Å². The highest BCUT2D eigenvalue weighted by molar-refractivity contribution is 7.92. The highest BCUT2D eigenvalue weighted by Crippen LogP contribution is 2.40. The summed E-state index contributed by atoms with van der Waals surface area (Å²) in [6.07, 6.45) is 4.05. The SMILES string of the molecule is Cc1ccc(S(=O)(=O)N(CCC(=O)Nc2ccnn2C(C)C2CC2)c2ccccc2)cc1. The number of amides is 1. The van der Waals surface area contributed by atoms with Crippen molar-refractivity contribution < 1.29 is 13.2 Å². The molecule has 1 aliphatic carbocycles. The molecule has 1 heterocycles. The van der Waals surface area contributed by atoms with E-state index in [4.69, 9.17) is 0 Å². The number of benzene rings is 2. The third-order valence-electron chi connectivity index (χ3n) is 5.82. The zero-order chi connectivity index (χ0) is 22.7. The number of rotatable bonds is 9. The summed E-state index contributed by atoms with van der Waals surface area (Å²) in [4.78, 5) is 12.9. The van der Waals surface area contributed by atoms with Crippen molar-refractivity contribution in [2.24, 2.45) is 5.92 Å². The Morgan fingerprint density at radius 3 is 2.47 bits per heavy atom. The third-order valence-corrected chi connectivity index (χ3v) is 7.66. The van der Waals surface area contributed by atoms with Gasteiger partial charge >= 0.3 is 0 Å². The number of nitrogens with zero attached hydrogens (tertiary/aromatic N) is 3. The first-order valence-electron chi connectivity index (χ1n) is 10.8. The first-order valence-corrected chi connectivity index (χ1v) is 12.3. The van der Waals surface area contributed by atoms with Crippen LogP contribution in [0.1, 0.15) is 37.8 Å². The Morgan fingerprint density at radius 1 is 1.12 bits per heavy atom. The van der Waals surface area contributed by atoms with E-state index in [0.717, 1.165) is 5.56 Å². The van der Waals surface area contributed by atoms with Gasteiger partial charge in [0.05, 0.1) is 22.8 Å². The Balaban J connectivity index is 1.50. The van der Waals surface area contributed by atoms with Crippen molar-refractivity contribution in [3.8, 4) is 0 Å². The molecule has 32 heavy (non-hydrogen) atoms. The van der Waals surface area contributed by atoms with Crippen molar-refractivity contribution >= 4 is 27.4 Å². The molecular weight excluding hydrogens is 424 g/mol. The fourth-order valence-electron chi connectivity index (χ4n) is 3.74. The van der Waals surface area contributed by atoms with Gasteiger partial charge in [-0.3, -0.25) is 9.10 Å². The predicted molar refractivity (Wildman–Crippen MR) is 125 cm³/mol. The molecule has 1 N–H and O–H groups in total. The van der Waals surface area contributed by atoms with E-state index in [-0.39, 0.29) is 29.8 Å². The Bertz CT molecular complexity index is 1170. The van der Waals surface area contributed by atoms with Crippen molar-refractivity contribution in [2.75, 3.05) is 16.2 Å². The minimum atomic E-state index is -3.82. The zero-order valence-electron chi connectivity index (χ0n) is 18.3. The van der Waals surface area contributed by atoms with Crippen molar-refractivity contribution in [1.29, 1.82) is 0 Å². The van der Waals surface area contributed by atoms with Gasteiger partial charge < -0.3 is 5.32 Å². The average Bonchev–Trinajstić information content (AvgIpc) is 3.53. The van der Waals surface area contributed by atoms with Crippen LogP contribution in [0.15, 0.2) is 71.8 Å². The highest BCUT2D eigenvalue weighted by atomic mass is 32.2. The fraction of sp³-hybridized carbons (Fsp3) is 0.333. The van der Waals surface area contributed by atoms with Gasteiger partial charge in [0.25, 0.3) is 10.0 Å². The molecule has 1 atom stereocenters. The number of hydrogen-bond donors (Lipinski definition) is 1. The lowest BCUT2D eigenvalue weighted by molar-refractivity contribution is -0.116. The van der Waals surface area contributed by atoms with E-state index in [0.29, 0.717) is 17.4 Å². The summed E-state index contributed by atoms with van der Waals surface area (Å²) in [5, 5.41) is 7.25. The number of carbonyl (C=O) groups excluding carboxylic acids is 1. The normalized spacial score (nSPS) is 14.7. The maximum atomic E-state index is 13.4. The second kappa shape index (κ2) is 9.16. The summed E-state index contributed by atoms with van der Waals surface area (Å²) in [5.74, 6) is 0.982. The number of aromatic nitrogens is 2. The van der Waals surface area contributed by atoms with Gasteiger partial charge in [0, 0.05) is 19.0 Å². The number of para-hydroxylation sites is 1. The lowest BCUT2D eigenvalue weighted by Gasteiger charge is -2.24. The number of aryl methyl sites for hydroxylation is 1. The number of nitrogens with one attached hydrogen (secondary N) is 1. The van der Waals surface area contributed by atoms with Gasteiger partial charge in [-0.1, -0.05) is 35.9 Å². The zero-order valence-corrected chi connectivity index (χ0v) is 19.1. The largest absolute Gasteiger partial charge is 0.311 e. The Hall–Kier alpha value is -3.13. The van der Waals surface area contributed by atoms with Crippen LogP contribution in [0.3, 0.4) is 0 Å². The molecule has 1 fully saturated rings. The Morgan fingerprint density at radius 2 is 1.81 bits per heavy atom. The standard InChI is InChI=1S/C24H28N4O3S/c1-18-8-12-22(13-9-18)32(30,31)27(21-6-4-3-5-7-21)17-15-24(29)26-23-14-16-25-28(23)19(2)20-10-11-20/h3-9,12-14,16,19-20H,10-11,15,17H2,1-2H3,(H,26,29). The van der Waals surface area contributed by atoms with Crippen molar-refractivity contribution in [3.63, 3.8) is 0 Å². The average molecular weight is 453 g/mol. The summed E-state index contributed by atoms with van der Waals surface area (Å²) in [6.45, 7) is 4.04. The molecule has 2 aromatic carbocycles. The van der Waals surface area contributed by atoms with Crippen LogP contribution >= 0.6 is 0 Å². The summed E-state index contributed by atoms with van der Waals surface area (Å²) in [5.41, 5.74) is 1.50. The van der Waals surface area contributed by atoms with Crippen molar-refractivity contribution in [1.82, 2.24) is 9.78 Å². The van der Waals surface area contributed by atoms with Gasteiger partial charge in [-0.05, 0) is 56.9 Å². The maximum absolute atomic E-state index is 13.4. The lowest BCUT2D eigenvalue weighted by Crippen LogP contribution is -2.34. The lowest BCUT2D eigenvalue weighted by atomic mass is 10.2. The van der Waals surface area contributed by atoms with Crippen LogP contribution in [0.2, 0.25) is 0 Å². The molecule has 0 radical (unpaired) electrons. The van der Waals surface area contributed by atoms with Gasteiger partial charge in [-0.2, -0.15) is 5.10 Å². The van der Waals surface area contributed by atoms with E-state index in [1.54, 1.807) is 60.8 Å². The van der Waals surface area contributed by atoms with E-state index < -0.39 is 10.0 Å². The van der Waals surface area contributed by atoms with E-state index >= 15 is 0 Å². The molecular formula is C24H28N4O3S. The molecule has 0 saturated heterocycles. The van der Waals surface area contributed by atoms with Crippen molar-refractivity contribution in [3.05, 3.63) is 72.4 Å². The smallest absolute Gasteiger partial charge is 0.264 e. The van der Waals surface area contributed by atoms with Crippen LogP contribution in [0.5, 0.6) is 0 Å². The van der Waals surface area contributed by atoms with Gasteiger partial charge in [-0.25, -0.2) is 13.1 Å². The minimum absolute atomic E-state index is 0.0168. The molecule has 1 aliphatic rings. The van der Waals surface area contributed by atoms with E-state index in [1.807, 2.05) is 17.7 Å². The molecule has 8 heteroatoms. The van der Waals surface area contributed by atoms with Crippen LogP contribution in [-0.4, -0.2) is 30.7 Å². The first-order chi connectivity index (χ1) is 15.4. The van der Waals surface area contributed by atoms with E-state index in [2.05, 4.69) is 17.3 Å². The Labute approximate surface area is 189 Å². The fourth-order valence-corrected chi connectivity index (χ4v) is 5.21. The molecule has 0 bridgehead atoms. The number of hydrogen-bond acceptors (Lipinski definition) is 4. The monoisotopic (exact) mass is 452 g/mol. The van der Waals surface area contributed by atoms with Crippen LogP contribution in [0.25, 0.3) is 0 Å². The molecule has 7 nitrogen and oxygen atoms in total. The minimum Gasteiger partial charge on any atom is -0.311 e. The number of carbonyl (C=O) groups is 1. The number of anilines is 2. The summed E-state index contributed by atoms with van der Waals surface area (Å²) in [7, 11) is -3.82. The molecule has 3 aromatic rings. The molecule has 1 aromatic heterocycles. The second-order valence-corrected chi connectivity index (χ2v) is 10.1. The van der Waals surface area contributed by atoms with Crippen LogP contribution in [-0.2, 0) is 14.8 Å². The molecule has 168 valence electrons. The van der Waals surface area contributed by atoms with Crippen molar-refractivity contribution in [2.45, 2.75) is 44.0 Å². The van der Waals surface area contributed by atoms with Gasteiger partial charge in [0.1, 0.15) is 5.82 Å². The molecule has 0 aliphatic heterocycles. The maximum Gasteiger partial charge on any atom is 0.264 e. The van der Waals surface area contributed by atoms with Crippen LogP contribution in [0, 0.1) is 12.8 Å². The van der Waals surface area contributed by atoms with E-state index in [1.165, 1.54) is 17.1 Å². The molecule has 1 amide bonds. The molecule has 0 spiro atoms. The van der Waals surface area contributed by atoms with Gasteiger partial charge in [0.15, 0.2) is 0 Å². The van der Waals surface area contributed by atoms with Gasteiger partial charge in [-0.15, -0.1) is 0 Å². The second-order valence-electron chi connectivity index (χ2n) is 8.26. The summed E-state index contributed by atoms with van der Waals surface area (Å²) in [6, 6.07) is 17.6. The third kappa shape index (κ3) is 4.85. The summed E-state index contributed by atoms with van der Waals surface area (Å²) < 4.78 is 29.9. The topological polar surface area (TPSA) is 84.3 Å². The van der Waals surface area contributed by atoms with Crippen LogP contribution < -0.4 is 9.62 Å². The number of sulfonamides is 1. The molecule has 1 saturated carbocycles. The van der Waals surface area contributed by atoms with Crippen LogP contribution in [0.4, 0.5) is 11.5 Å². The quantitative estimate of drug-likeness (QED) is 0.522. The molecule has 4 rings (SSSR count).